The van der Waals surface area contributed by atoms with E-state index < -0.39 is 111 Å². The van der Waals surface area contributed by atoms with E-state index >= 15 is 0 Å². The van der Waals surface area contributed by atoms with E-state index in [0.717, 1.165) is 6.61 Å². The molecule has 0 saturated carbocycles. The van der Waals surface area contributed by atoms with Crippen molar-refractivity contribution in [3.63, 3.8) is 0 Å². The number of hydrogen-bond donors (Lipinski definition) is 10. The number of rotatable bonds is 8. The fourth-order valence-corrected chi connectivity index (χ4v) is 4.35. The van der Waals surface area contributed by atoms with Crippen LogP contribution in [-0.2, 0) is 28.5 Å². The van der Waals surface area contributed by atoms with Gasteiger partial charge >= 0.3 is 0 Å². The third-order valence-electron chi connectivity index (χ3n) is 6.43. The number of nitrogens with one attached hydrogen (secondary N) is 1. The molecule has 12 N–H and O–H groups in total. The van der Waals surface area contributed by atoms with Gasteiger partial charge in [0.05, 0.1) is 37.9 Å². The predicted octanol–water partition coefficient (Wildman–Crippen LogP) is -6.65. The van der Waals surface area contributed by atoms with Gasteiger partial charge < -0.3 is 76.2 Å². The standard InChI is InChI=1S/C20H36N3O13/c1-6(27)23-7-5-32-9(3-25)17(13(7)28)35-20-12(22)16(31)18(10(4-26)34-20)36-19-11(21)15(30)14(29)8(2-24)33-19/h5,7-20,24-26,28-31H,2-4,21-22H2,1H3,(H,23,27)/t7?,8-,9-,10-,11-,12-,13?,14-,15-,16-,17-,18-,19+,20+/m1/s1. The molecule has 209 valence electrons. The second-order valence-electron chi connectivity index (χ2n) is 8.99. The van der Waals surface area contributed by atoms with Crippen molar-refractivity contribution in [3.8, 4) is 0 Å². The highest BCUT2D eigenvalue weighted by Crippen LogP contribution is 2.31. The van der Waals surface area contributed by atoms with E-state index in [-0.39, 0.29) is 0 Å². The van der Waals surface area contributed by atoms with E-state index in [1.54, 1.807) is 0 Å². The zero-order valence-electron chi connectivity index (χ0n) is 19.5. The molecule has 3 heterocycles. The highest BCUT2D eigenvalue weighted by atomic mass is 16.7. The van der Waals surface area contributed by atoms with E-state index in [9.17, 15) is 40.5 Å². The van der Waals surface area contributed by atoms with Gasteiger partial charge in [-0.25, -0.2) is 0 Å². The molecule has 2 unspecified atom stereocenters. The maximum absolute atomic E-state index is 11.4. The Hall–Kier alpha value is -1.09. The average Bonchev–Trinajstić information content (AvgIpc) is 2.85. The van der Waals surface area contributed by atoms with Gasteiger partial charge in [-0.1, -0.05) is 0 Å². The summed E-state index contributed by atoms with van der Waals surface area (Å²) in [5.41, 5.74) is 12.0. The fourth-order valence-electron chi connectivity index (χ4n) is 4.35. The Labute approximate surface area is 206 Å². The van der Waals surface area contributed by atoms with Crippen molar-refractivity contribution in [2.75, 3.05) is 19.8 Å². The first-order valence-electron chi connectivity index (χ1n) is 11.5. The van der Waals surface area contributed by atoms with Crippen molar-refractivity contribution in [2.45, 2.75) is 92.6 Å². The lowest BCUT2D eigenvalue weighted by molar-refractivity contribution is -0.340. The van der Waals surface area contributed by atoms with Crippen molar-refractivity contribution in [3.05, 3.63) is 6.61 Å². The maximum atomic E-state index is 11.4. The summed E-state index contributed by atoms with van der Waals surface area (Å²) in [4.78, 5) is 11.4. The molecule has 3 aliphatic rings. The summed E-state index contributed by atoms with van der Waals surface area (Å²) in [5, 5.41) is 73.0. The van der Waals surface area contributed by atoms with Crippen molar-refractivity contribution in [2.24, 2.45) is 11.5 Å². The summed E-state index contributed by atoms with van der Waals surface area (Å²) in [6.45, 7) is 0.480. The van der Waals surface area contributed by atoms with Crippen LogP contribution in [0, 0.1) is 6.61 Å². The van der Waals surface area contributed by atoms with Gasteiger partial charge in [0.15, 0.2) is 12.6 Å². The van der Waals surface area contributed by atoms with Crippen molar-refractivity contribution in [1.29, 1.82) is 0 Å². The van der Waals surface area contributed by atoms with Gasteiger partial charge in [0.25, 0.3) is 0 Å². The Bertz CT molecular complexity index is 718. The van der Waals surface area contributed by atoms with Gasteiger partial charge in [-0.15, -0.1) is 0 Å². The molecule has 0 aromatic rings. The SMILES string of the molecule is CC(=O)NC1[CH]O[C@H](CO)[C@@H](O[C@@H]2O[C@H](CO)[C@@H](O[C@@H]3O[C@H](CO)[C@@H](O)[C@H](O)[C@H]3N)[C@H](O)[C@H]2N)C1O. The lowest BCUT2D eigenvalue weighted by Crippen LogP contribution is -2.68. The molecule has 3 saturated heterocycles. The van der Waals surface area contributed by atoms with Crippen LogP contribution in [0.5, 0.6) is 0 Å². The molecule has 0 aliphatic carbocycles. The quantitative estimate of drug-likeness (QED) is 0.141. The van der Waals surface area contributed by atoms with Gasteiger partial charge in [0.1, 0.15) is 61.5 Å². The highest BCUT2D eigenvalue weighted by Gasteiger charge is 2.51. The van der Waals surface area contributed by atoms with Gasteiger partial charge in [0, 0.05) is 6.92 Å². The molecule has 1 amide bonds. The number of hydrogen-bond acceptors (Lipinski definition) is 15. The zero-order chi connectivity index (χ0) is 26.7. The Morgan fingerprint density at radius 1 is 0.806 bits per heavy atom. The van der Waals surface area contributed by atoms with Crippen molar-refractivity contribution < 1.29 is 64.2 Å². The minimum atomic E-state index is -1.56. The lowest BCUT2D eigenvalue weighted by atomic mass is 9.94. The fraction of sp³-hybridized carbons (Fsp3) is 0.900. The second-order valence-corrected chi connectivity index (χ2v) is 8.99. The first kappa shape index (κ1) is 29.5. The normalized spacial score (nSPS) is 47.9. The second kappa shape index (κ2) is 12.6. The van der Waals surface area contributed by atoms with E-state index in [1.165, 1.54) is 6.92 Å². The average molecular weight is 527 g/mol. The number of aliphatic hydroxyl groups excluding tert-OH is 7. The Balaban J connectivity index is 1.72. The molecule has 36 heavy (non-hydrogen) atoms. The number of aliphatic hydroxyl groups is 7. The Kier molecular flexibility index (Phi) is 10.3. The maximum Gasteiger partial charge on any atom is 0.217 e. The summed E-state index contributed by atoms with van der Waals surface area (Å²) in [6.07, 6.45) is -14.9. The number of amides is 1. The molecule has 16 nitrogen and oxygen atoms in total. The van der Waals surface area contributed by atoms with Gasteiger partial charge in [-0.05, 0) is 0 Å². The molecular weight excluding hydrogens is 490 g/mol. The smallest absolute Gasteiger partial charge is 0.217 e. The zero-order valence-corrected chi connectivity index (χ0v) is 19.5. The van der Waals surface area contributed by atoms with E-state index in [2.05, 4.69) is 5.32 Å². The molecule has 0 bridgehead atoms. The minimum Gasteiger partial charge on any atom is -0.394 e. The molecular formula is C20H36N3O13. The highest BCUT2D eigenvalue weighted by molar-refractivity contribution is 5.73. The third-order valence-corrected chi connectivity index (χ3v) is 6.43. The topological polar surface area (TPSA) is 269 Å². The summed E-state index contributed by atoms with van der Waals surface area (Å²) in [5.74, 6) is -0.453. The van der Waals surface area contributed by atoms with Gasteiger partial charge in [-0.3, -0.25) is 4.79 Å². The molecule has 3 rings (SSSR count). The molecule has 3 aliphatic heterocycles. The van der Waals surface area contributed by atoms with Crippen molar-refractivity contribution in [1.82, 2.24) is 5.32 Å². The number of carbonyl (C=O) groups is 1. The van der Waals surface area contributed by atoms with Crippen LogP contribution in [0.2, 0.25) is 0 Å². The van der Waals surface area contributed by atoms with Crippen LogP contribution >= 0.6 is 0 Å². The summed E-state index contributed by atoms with van der Waals surface area (Å²) in [6, 6.07) is -3.57. The molecule has 14 atom stereocenters. The van der Waals surface area contributed by atoms with Crippen LogP contribution in [0.3, 0.4) is 0 Å². The van der Waals surface area contributed by atoms with Crippen LogP contribution in [0.15, 0.2) is 0 Å². The van der Waals surface area contributed by atoms with Gasteiger partial charge in [0.2, 0.25) is 5.91 Å². The number of ether oxygens (including phenoxy) is 5. The molecule has 16 heteroatoms. The predicted molar refractivity (Wildman–Crippen MR) is 115 cm³/mol. The summed E-state index contributed by atoms with van der Waals surface area (Å²) in [7, 11) is 0. The van der Waals surface area contributed by atoms with Crippen LogP contribution in [0.1, 0.15) is 6.92 Å². The number of carbonyl (C=O) groups excluding carboxylic acids is 1. The Morgan fingerprint density at radius 2 is 1.31 bits per heavy atom. The van der Waals surface area contributed by atoms with E-state index in [1.807, 2.05) is 0 Å². The lowest BCUT2D eigenvalue weighted by Gasteiger charge is -2.48. The Morgan fingerprint density at radius 3 is 1.83 bits per heavy atom. The summed E-state index contributed by atoms with van der Waals surface area (Å²) < 4.78 is 27.9. The van der Waals surface area contributed by atoms with E-state index in [4.69, 9.17) is 35.2 Å². The summed E-state index contributed by atoms with van der Waals surface area (Å²) >= 11 is 0. The largest absolute Gasteiger partial charge is 0.394 e. The minimum absolute atomic E-state index is 0.453. The van der Waals surface area contributed by atoms with Crippen LogP contribution in [0.25, 0.3) is 0 Å². The molecule has 0 aromatic heterocycles. The third kappa shape index (κ3) is 6.13. The molecule has 0 spiro atoms. The van der Waals surface area contributed by atoms with Crippen LogP contribution in [0.4, 0.5) is 0 Å². The van der Waals surface area contributed by atoms with E-state index in [0.29, 0.717) is 0 Å². The first-order valence-corrected chi connectivity index (χ1v) is 11.5. The molecule has 1 radical (unpaired) electrons. The van der Waals surface area contributed by atoms with Crippen molar-refractivity contribution >= 4 is 5.91 Å². The first-order chi connectivity index (χ1) is 17.0. The van der Waals surface area contributed by atoms with Crippen LogP contribution in [-0.4, -0.2) is 147 Å². The molecule has 0 aromatic carbocycles. The van der Waals surface area contributed by atoms with Gasteiger partial charge in [-0.2, -0.15) is 0 Å². The number of nitrogens with two attached hydrogens (primary N) is 2. The molecule has 3 fully saturated rings. The van der Waals surface area contributed by atoms with Crippen LogP contribution < -0.4 is 16.8 Å². The monoisotopic (exact) mass is 526 g/mol.